The average molecular weight is 561 g/mol. The minimum absolute atomic E-state index is 0.133. The lowest BCUT2D eigenvalue weighted by Crippen LogP contribution is -2.49. The van der Waals surface area contributed by atoms with Gasteiger partial charge in [-0.3, -0.25) is 10.2 Å². The maximum atomic E-state index is 12.4. The first-order valence-corrected chi connectivity index (χ1v) is 13.8. The number of carboxylic acid groups (broad SMARTS) is 1. The van der Waals surface area contributed by atoms with E-state index < -0.39 is 12.1 Å². The number of rotatable bonds is 7. The second-order valence-electron chi connectivity index (χ2n) is 8.93. The standard InChI is InChI=1S/C23H25ClN8O3S2/c1-12(27-22(34)35)20(33)31-8-5-13(6-9-31)7-10-32-11-26-18(25)16-19(32)30-21(29-16)37-23-28-15-4-2-3-14(24)17(15)36-23/h2-4,11-13,25,27H,5-10H2,1H3,(H,29,30)(H,34,35)/t12-/m0/s1. The van der Waals surface area contributed by atoms with Gasteiger partial charge in [-0.1, -0.05) is 17.7 Å². The number of nitrogens with one attached hydrogen (secondary N) is 3. The predicted molar refractivity (Wildman–Crippen MR) is 141 cm³/mol. The molecule has 2 amide bonds. The van der Waals surface area contributed by atoms with E-state index in [-0.39, 0.29) is 11.4 Å². The van der Waals surface area contributed by atoms with E-state index in [9.17, 15) is 9.59 Å². The molecular weight excluding hydrogens is 536 g/mol. The number of piperidine rings is 1. The molecule has 37 heavy (non-hydrogen) atoms. The summed E-state index contributed by atoms with van der Waals surface area (Å²) in [5.41, 5.74) is 2.22. The number of carbonyl (C=O) groups is 2. The highest BCUT2D eigenvalue weighted by Crippen LogP contribution is 2.36. The number of aryl methyl sites for hydroxylation is 1. The number of benzene rings is 1. The molecule has 0 bridgehead atoms. The van der Waals surface area contributed by atoms with Gasteiger partial charge in [0.1, 0.15) is 11.6 Å². The van der Waals surface area contributed by atoms with Crippen LogP contribution >= 0.6 is 34.7 Å². The molecule has 194 valence electrons. The summed E-state index contributed by atoms with van der Waals surface area (Å²) in [4.78, 5) is 41.8. The Morgan fingerprint density at radius 2 is 2.14 bits per heavy atom. The molecule has 1 saturated heterocycles. The van der Waals surface area contributed by atoms with E-state index in [1.807, 2.05) is 22.8 Å². The third-order valence-electron chi connectivity index (χ3n) is 6.44. The van der Waals surface area contributed by atoms with Gasteiger partial charge in [0.05, 0.1) is 21.6 Å². The number of likely N-dealkylation sites (tertiary alicyclic amines) is 1. The number of thiazole rings is 1. The van der Waals surface area contributed by atoms with E-state index in [1.54, 1.807) is 18.2 Å². The van der Waals surface area contributed by atoms with Gasteiger partial charge < -0.3 is 24.9 Å². The topological polar surface area (TPSA) is 153 Å². The highest BCUT2D eigenvalue weighted by molar-refractivity contribution is 8.01. The Labute approximate surface area is 224 Å². The second-order valence-corrected chi connectivity index (χ2v) is 11.6. The normalized spacial score (nSPS) is 15.4. The molecule has 1 aliphatic heterocycles. The van der Waals surface area contributed by atoms with E-state index in [4.69, 9.17) is 27.1 Å². The van der Waals surface area contributed by atoms with Gasteiger partial charge in [0.25, 0.3) is 0 Å². The maximum Gasteiger partial charge on any atom is 0.405 e. The van der Waals surface area contributed by atoms with Crippen molar-refractivity contribution < 1.29 is 14.7 Å². The molecule has 1 aromatic carbocycles. The first kappa shape index (κ1) is 25.5. The fraction of sp³-hybridized carbons (Fsp3) is 0.391. The molecule has 0 spiro atoms. The Bertz CT molecular complexity index is 1530. The van der Waals surface area contributed by atoms with Crippen LogP contribution in [0.4, 0.5) is 4.79 Å². The van der Waals surface area contributed by atoms with Crippen LogP contribution in [-0.4, -0.2) is 65.6 Å². The van der Waals surface area contributed by atoms with Crippen LogP contribution in [0.5, 0.6) is 0 Å². The summed E-state index contributed by atoms with van der Waals surface area (Å²) < 4.78 is 3.70. The molecule has 1 fully saturated rings. The van der Waals surface area contributed by atoms with E-state index in [1.165, 1.54) is 23.1 Å². The fourth-order valence-electron chi connectivity index (χ4n) is 4.48. The molecule has 4 aromatic rings. The number of imidazole rings is 1. The molecule has 11 nitrogen and oxygen atoms in total. The first-order chi connectivity index (χ1) is 17.8. The molecule has 5 rings (SSSR count). The zero-order chi connectivity index (χ0) is 26.1. The lowest BCUT2D eigenvalue weighted by atomic mass is 9.93. The summed E-state index contributed by atoms with van der Waals surface area (Å²) in [6.45, 7) is 3.46. The van der Waals surface area contributed by atoms with Gasteiger partial charge in [-0.05, 0) is 56.0 Å². The first-order valence-electron chi connectivity index (χ1n) is 11.8. The zero-order valence-electron chi connectivity index (χ0n) is 19.9. The maximum absolute atomic E-state index is 12.4. The van der Waals surface area contributed by atoms with Crippen molar-refractivity contribution in [3.05, 3.63) is 35.0 Å². The van der Waals surface area contributed by atoms with Gasteiger partial charge in [-0.25, -0.2) is 19.7 Å². The minimum atomic E-state index is -1.20. The summed E-state index contributed by atoms with van der Waals surface area (Å²) >= 11 is 9.19. The van der Waals surface area contributed by atoms with Crippen molar-refractivity contribution in [3.63, 3.8) is 0 Å². The fourth-order valence-corrected chi connectivity index (χ4v) is 6.72. The SMILES string of the molecule is C[C@H](NC(=O)O)C(=O)N1CCC(CCn2cnc(=N)c3[nH]c(Sc4nc5cccc(Cl)c5s4)nc32)CC1. The zero-order valence-corrected chi connectivity index (χ0v) is 22.3. The highest BCUT2D eigenvalue weighted by atomic mass is 35.5. The Morgan fingerprint density at radius 3 is 2.86 bits per heavy atom. The van der Waals surface area contributed by atoms with Crippen molar-refractivity contribution in [2.24, 2.45) is 5.92 Å². The Kier molecular flexibility index (Phi) is 7.36. The van der Waals surface area contributed by atoms with Crippen molar-refractivity contribution >= 4 is 68.1 Å². The van der Waals surface area contributed by atoms with Gasteiger partial charge in [-0.2, -0.15) is 0 Å². The van der Waals surface area contributed by atoms with Crippen molar-refractivity contribution in [2.75, 3.05) is 13.1 Å². The van der Waals surface area contributed by atoms with Crippen LogP contribution in [0.2, 0.25) is 5.02 Å². The molecule has 4 N–H and O–H groups in total. The van der Waals surface area contributed by atoms with Crippen LogP contribution in [0.15, 0.2) is 34.0 Å². The quantitative estimate of drug-likeness (QED) is 0.267. The van der Waals surface area contributed by atoms with Crippen LogP contribution in [-0.2, 0) is 11.3 Å². The van der Waals surface area contributed by atoms with E-state index in [2.05, 4.69) is 20.3 Å². The minimum Gasteiger partial charge on any atom is -0.465 e. The van der Waals surface area contributed by atoms with Crippen LogP contribution < -0.4 is 10.8 Å². The molecule has 1 atom stereocenters. The van der Waals surface area contributed by atoms with Crippen LogP contribution in [0.3, 0.4) is 0 Å². The number of fused-ring (bicyclic) bond motifs is 2. The molecule has 3 aromatic heterocycles. The number of amides is 2. The number of H-pyrrole nitrogens is 1. The number of aromatic nitrogens is 5. The van der Waals surface area contributed by atoms with Crippen molar-refractivity contribution in [1.82, 2.24) is 34.7 Å². The Morgan fingerprint density at radius 1 is 1.35 bits per heavy atom. The average Bonchev–Trinajstić information content (AvgIpc) is 3.49. The number of carbonyl (C=O) groups excluding carboxylic acids is 1. The van der Waals surface area contributed by atoms with Gasteiger partial charge >= 0.3 is 6.09 Å². The van der Waals surface area contributed by atoms with Crippen LogP contribution in [0.1, 0.15) is 26.2 Å². The summed E-state index contributed by atoms with van der Waals surface area (Å²) in [6.07, 6.45) is 3.03. The molecular formula is C23H25ClN8O3S2. The van der Waals surface area contributed by atoms with Crippen molar-refractivity contribution in [1.29, 1.82) is 5.41 Å². The lowest BCUT2D eigenvalue weighted by molar-refractivity contribution is -0.134. The molecule has 0 saturated carbocycles. The monoisotopic (exact) mass is 560 g/mol. The Hall–Kier alpha value is -3.16. The molecule has 14 heteroatoms. The van der Waals surface area contributed by atoms with Crippen molar-refractivity contribution in [3.8, 4) is 0 Å². The number of nitrogens with zero attached hydrogens (tertiary/aromatic N) is 5. The van der Waals surface area contributed by atoms with Gasteiger partial charge in [-0.15, -0.1) is 11.3 Å². The lowest BCUT2D eigenvalue weighted by Gasteiger charge is -2.33. The smallest absolute Gasteiger partial charge is 0.405 e. The summed E-state index contributed by atoms with van der Waals surface area (Å²) in [6, 6.07) is 4.89. The van der Waals surface area contributed by atoms with Crippen LogP contribution in [0, 0.1) is 11.3 Å². The summed E-state index contributed by atoms with van der Waals surface area (Å²) in [7, 11) is 0. The second kappa shape index (κ2) is 10.7. The number of aromatic amines is 1. The predicted octanol–water partition coefficient (Wildman–Crippen LogP) is 3.94. The van der Waals surface area contributed by atoms with E-state index in [0.717, 1.165) is 33.8 Å². The van der Waals surface area contributed by atoms with Crippen molar-refractivity contribution in [2.45, 2.75) is 48.3 Å². The third-order valence-corrected chi connectivity index (χ3v) is 8.92. The van der Waals surface area contributed by atoms with E-state index in [0.29, 0.717) is 46.9 Å². The summed E-state index contributed by atoms with van der Waals surface area (Å²) in [5.74, 6) is 0.231. The Balaban J connectivity index is 1.24. The largest absolute Gasteiger partial charge is 0.465 e. The van der Waals surface area contributed by atoms with Crippen LogP contribution in [0.25, 0.3) is 21.4 Å². The molecule has 0 radical (unpaired) electrons. The number of hydrogen-bond acceptors (Lipinski definition) is 8. The molecule has 0 aliphatic carbocycles. The number of halogens is 1. The summed E-state index contributed by atoms with van der Waals surface area (Å²) in [5, 5.41) is 20.6. The third kappa shape index (κ3) is 5.58. The van der Waals surface area contributed by atoms with Gasteiger partial charge in [0.2, 0.25) is 5.91 Å². The highest BCUT2D eigenvalue weighted by Gasteiger charge is 2.27. The van der Waals surface area contributed by atoms with Gasteiger partial charge in [0, 0.05) is 19.6 Å². The number of hydrogen-bond donors (Lipinski definition) is 4. The van der Waals surface area contributed by atoms with Gasteiger partial charge in [0.15, 0.2) is 20.6 Å². The molecule has 1 aliphatic rings. The molecule has 0 unspecified atom stereocenters. The van der Waals surface area contributed by atoms with E-state index >= 15 is 0 Å². The molecule has 4 heterocycles.